The van der Waals surface area contributed by atoms with Crippen molar-refractivity contribution >= 4 is 17.5 Å². The molecule has 0 heterocycles. The van der Waals surface area contributed by atoms with Crippen LogP contribution in [0.3, 0.4) is 0 Å². The molecule has 0 spiro atoms. The van der Waals surface area contributed by atoms with Gasteiger partial charge in [-0.1, -0.05) is 17.7 Å². The maximum Gasteiger partial charge on any atom is 0.258 e. The van der Waals surface area contributed by atoms with Gasteiger partial charge >= 0.3 is 0 Å². The Hall–Kier alpha value is -2.47. The predicted molar refractivity (Wildman–Crippen MR) is 102 cm³/mol. The van der Waals surface area contributed by atoms with Crippen LogP contribution in [0, 0.1) is 5.82 Å². The summed E-state index contributed by atoms with van der Waals surface area (Å²) in [5.74, 6) is 0.754. The van der Waals surface area contributed by atoms with Gasteiger partial charge in [-0.3, -0.25) is 4.79 Å². The molecule has 0 saturated heterocycles. The molecule has 27 heavy (non-hydrogen) atoms. The fourth-order valence-electron chi connectivity index (χ4n) is 2.44. The second kappa shape index (κ2) is 10.0. The van der Waals surface area contributed by atoms with Crippen molar-refractivity contribution in [3.8, 4) is 17.2 Å². The molecule has 2 rings (SSSR count). The monoisotopic (exact) mass is 395 g/mol. The number of amides is 1. The van der Waals surface area contributed by atoms with Gasteiger partial charge in [-0.05, 0) is 56.7 Å². The van der Waals surface area contributed by atoms with Crippen LogP contribution in [0.1, 0.15) is 32.4 Å². The molecule has 1 amide bonds. The maximum absolute atomic E-state index is 13.0. The van der Waals surface area contributed by atoms with Crippen LogP contribution in [0.4, 0.5) is 4.39 Å². The highest BCUT2D eigenvalue weighted by Crippen LogP contribution is 2.30. The first-order valence-corrected chi connectivity index (χ1v) is 9.09. The van der Waals surface area contributed by atoms with Crippen LogP contribution in [0.5, 0.6) is 17.2 Å². The standard InChI is InChI=1S/C20H23ClFNO4/c1-4-25-18-8-6-14(10-19(18)26-5-2)13(3)23-20(24)12-27-17-9-7-15(22)11-16(17)21/h6-11,13H,4-5,12H2,1-3H3,(H,23,24)/t13-/m1/s1. The second-order valence-electron chi connectivity index (χ2n) is 5.72. The number of benzene rings is 2. The molecular weight excluding hydrogens is 373 g/mol. The van der Waals surface area contributed by atoms with Crippen molar-refractivity contribution in [2.45, 2.75) is 26.8 Å². The van der Waals surface area contributed by atoms with E-state index in [1.807, 2.05) is 39.0 Å². The minimum atomic E-state index is -0.467. The lowest BCUT2D eigenvalue weighted by molar-refractivity contribution is -0.123. The molecule has 1 N–H and O–H groups in total. The quantitative estimate of drug-likeness (QED) is 0.677. The molecule has 5 nitrogen and oxygen atoms in total. The van der Waals surface area contributed by atoms with Crippen LogP contribution in [-0.2, 0) is 4.79 Å². The van der Waals surface area contributed by atoms with Crippen LogP contribution in [0.2, 0.25) is 5.02 Å². The van der Waals surface area contributed by atoms with Crippen LogP contribution in [0.25, 0.3) is 0 Å². The summed E-state index contributed by atoms with van der Waals surface area (Å²) in [4.78, 5) is 12.1. The third-order valence-corrected chi connectivity index (χ3v) is 3.99. The molecule has 2 aromatic carbocycles. The molecule has 0 fully saturated rings. The minimum absolute atomic E-state index is 0.115. The van der Waals surface area contributed by atoms with Crippen molar-refractivity contribution in [1.82, 2.24) is 5.32 Å². The Morgan fingerprint density at radius 3 is 2.37 bits per heavy atom. The van der Waals surface area contributed by atoms with Crippen molar-refractivity contribution in [1.29, 1.82) is 0 Å². The summed E-state index contributed by atoms with van der Waals surface area (Å²) in [6.45, 7) is 6.47. The molecule has 0 aliphatic rings. The van der Waals surface area contributed by atoms with E-state index >= 15 is 0 Å². The number of hydrogen-bond acceptors (Lipinski definition) is 4. The Bertz CT molecular complexity index is 785. The van der Waals surface area contributed by atoms with Gasteiger partial charge in [-0.15, -0.1) is 0 Å². The van der Waals surface area contributed by atoms with E-state index in [-0.39, 0.29) is 29.3 Å². The Morgan fingerprint density at radius 1 is 1.04 bits per heavy atom. The molecule has 7 heteroatoms. The molecule has 1 atom stereocenters. The number of rotatable bonds is 9. The molecule has 0 aliphatic carbocycles. The SMILES string of the molecule is CCOc1ccc([C@@H](C)NC(=O)COc2ccc(F)cc2Cl)cc1OCC. The first-order valence-electron chi connectivity index (χ1n) is 8.71. The number of ether oxygens (including phenoxy) is 3. The molecule has 2 aromatic rings. The molecule has 0 aliphatic heterocycles. The zero-order valence-corrected chi connectivity index (χ0v) is 16.3. The Balaban J connectivity index is 1.98. The van der Waals surface area contributed by atoms with Gasteiger partial charge < -0.3 is 19.5 Å². The maximum atomic E-state index is 13.0. The van der Waals surface area contributed by atoms with Crippen molar-refractivity contribution in [3.05, 3.63) is 52.8 Å². The third-order valence-electron chi connectivity index (χ3n) is 3.70. The Kier molecular flexibility index (Phi) is 7.73. The van der Waals surface area contributed by atoms with Crippen molar-refractivity contribution < 1.29 is 23.4 Å². The van der Waals surface area contributed by atoms with E-state index in [1.54, 1.807) is 0 Å². The van der Waals surface area contributed by atoms with E-state index in [0.29, 0.717) is 24.7 Å². The van der Waals surface area contributed by atoms with Crippen LogP contribution >= 0.6 is 11.6 Å². The summed E-state index contributed by atoms with van der Waals surface area (Å²) in [6, 6.07) is 9.01. The average molecular weight is 396 g/mol. The molecule has 0 unspecified atom stereocenters. The van der Waals surface area contributed by atoms with Gasteiger partial charge in [0.25, 0.3) is 5.91 Å². The van der Waals surface area contributed by atoms with E-state index in [0.717, 1.165) is 11.6 Å². The molecule has 0 bridgehead atoms. The van der Waals surface area contributed by atoms with E-state index < -0.39 is 5.82 Å². The van der Waals surface area contributed by atoms with Gasteiger partial charge in [-0.2, -0.15) is 0 Å². The average Bonchev–Trinajstić information content (AvgIpc) is 2.62. The van der Waals surface area contributed by atoms with Gasteiger partial charge in [0.15, 0.2) is 18.1 Å². The summed E-state index contributed by atoms with van der Waals surface area (Å²) in [5.41, 5.74) is 0.870. The van der Waals surface area contributed by atoms with Crippen LogP contribution in [-0.4, -0.2) is 25.7 Å². The molecule has 0 aromatic heterocycles. The number of hydrogen-bond donors (Lipinski definition) is 1. The summed E-state index contributed by atoms with van der Waals surface area (Å²) < 4.78 is 29.5. The molecular formula is C20H23ClFNO4. The van der Waals surface area contributed by atoms with Gasteiger partial charge in [0.1, 0.15) is 11.6 Å². The molecule has 146 valence electrons. The predicted octanol–water partition coefficient (Wildman–Crippen LogP) is 4.53. The fraction of sp³-hybridized carbons (Fsp3) is 0.350. The highest BCUT2D eigenvalue weighted by atomic mass is 35.5. The first-order chi connectivity index (χ1) is 12.9. The lowest BCUT2D eigenvalue weighted by Gasteiger charge is -2.18. The number of nitrogens with one attached hydrogen (secondary N) is 1. The summed E-state index contributed by atoms with van der Waals surface area (Å²) in [5, 5.41) is 2.96. The number of carbonyl (C=O) groups excluding carboxylic acids is 1. The number of halogens is 2. The first kappa shape index (κ1) is 20.8. The van der Waals surface area contributed by atoms with Gasteiger partial charge in [0.05, 0.1) is 24.3 Å². The topological polar surface area (TPSA) is 56.8 Å². The Labute approximate surface area is 163 Å². The lowest BCUT2D eigenvalue weighted by Crippen LogP contribution is -2.31. The van der Waals surface area contributed by atoms with Crippen LogP contribution in [0.15, 0.2) is 36.4 Å². The van der Waals surface area contributed by atoms with Crippen LogP contribution < -0.4 is 19.5 Å². The normalized spacial score (nSPS) is 11.6. The van der Waals surface area contributed by atoms with Gasteiger partial charge in [-0.25, -0.2) is 4.39 Å². The minimum Gasteiger partial charge on any atom is -0.490 e. The lowest BCUT2D eigenvalue weighted by atomic mass is 10.1. The van der Waals surface area contributed by atoms with E-state index in [9.17, 15) is 9.18 Å². The largest absolute Gasteiger partial charge is 0.490 e. The van der Waals surface area contributed by atoms with Crippen molar-refractivity contribution in [3.63, 3.8) is 0 Å². The number of carbonyl (C=O) groups is 1. The van der Waals surface area contributed by atoms with Crippen molar-refractivity contribution in [2.75, 3.05) is 19.8 Å². The Morgan fingerprint density at radius 2 is 1.70 bits per heavy atom. The summed E-state index contributed by atoms with van der Waals surface area (Å²) >= 11 is 5.88. The summed E-state index contributed by atoms with van der Waals surface area (Å²) in [7, 11) is 0. The van der Waals surface area contributed by atoms with Crippen molar-refractivity contribution in [2.24, 2.45) is 0 Å². The van der Waals surface area contributed by atoms with E-state index in [1.165, 1.54) is 12.1 Å². The highest BCUT2D eigenvalue weighted by molar-refractivity contribution is 6.32. The smallest absolute Gasteiger partial charge is 0.258 e. The third kappa shape index (κ3) is 6.03. The highest BCUT2D eigenvalue weighted by Gasteiger charge is 2.14. The fourth-order valence-corrected chi connectivity index (χ4v) is 2.66. The van der Waals surface area contributed by atoms with Gasteiger partial charge in [0, 0.05) is 0 Å². The van der Waals surface area contributed by atoms with E-state index in [2.05, 4.69) is 5.32 Å². The van der Waals surface area contributed by atoms with Gasteiger partial charge in [0.2, 0.25) is 0 Å². The molecule has 0 saturated carbocycles. The van der Waals surface area contributed by atoms with E-state index in [4.69, 9.17) is 25.8 Å². The molecule has 0 radical (unpaired) electrons. The summed E-state index contributed by atoms with van der Waals surface area (Å²) in [6.07, 6.45) is 0. The zero-order chi connectivity index (χ0) is 19.8. The zero-order valence-electron chi connectivity index (χ0n) is 15.6. The second-order valence-corrected chi connectivity index (χ2v) is 6.13.